The van der Waals surface area contributed by atoms with E-state index in [1.165, 1.54) is 10.4 Å². The van der Waals surface area contributed by atoms with Gasteiger partial charge in [0.25, 0.3) is 0 Å². The molecule has 0 bridgehead atoms. The summed E-state index contributed by atoms with van der Waals surface area (Å²) in [4.78, 5) is 10.8. The molecule has 1 fully saturated rings. The van der Waals surface area contributed by atoms with Crippen molar-refractivity contribution in [2.24, 2.45) is 11.8 Å². The minimum atomic E-state index is -3.57. The number of hydrogen-bond acceptors (Lipinski definition) is 3. The van der Waals surface area contributed by atoms with Gasteiger partial charge in [0.15, 0.2) is 0 Å². The third kappa shape index (κ3) is 3.84. The molecule has 1 heterocycles. The van der Waals surface area contributed by atoms with E-state index >= 15 is 0 Å². The minimum Gasteiger partial charge on any atom is -0.481 e. The molecule has 122 valence electrons. The third-order valence-electron chi connectivity index (χ3n) is 4.15. The van der Waals surface area contributed by atoms with Crippen LogP contribution in [0, 0.1) is 24.6 Å². The van der Waals surface area contributed by atoms with Crippen LogP contribution < -0.4 is 0 Å². The smallest absolute Gasteiger partial charge is 0.303 e. The van der Waals surface area contributed by atoms with Crippen LogP contribution in [0.4, 0.5) is 4.39 Å². The van der Waals surface area contributed by atoms with E-state index < -0.39 is 21.8 Å². The van der Waals surface area contributed by atoms with Crippen LogP contribution in [0.1, 0.15) is 24.5 Å². The topological polar surface area (TPSA) is 74.7 Å². The summed E-state index contributed by atoms with van der Waals surface area (Å²) in [6.45, 7) is 4.00. The normalized spacial score (nSPS) is 22.9. The zero-order valence-electron chi connectivity index (χ0n) is 12.6. The van der Waals surface area contributed by atoms with Crippen molar-refractivity contribution in [1.29, 1.82) is 0 Å². The zero-order chi connectivity index (χ0) is 16.5. The molecule has 2 rings (SSSR count). The Morgan fingerprint density at radius 2 is 2.09 bits per heavy atom. The predicted molar refractivity (Wildman–Crippen MR) is 80.2 cm³/mol. The van der Waals surface area contributed by atoms with Gasteiger partial charge in [-0.25, -0.2) is 17.1 Å². The maximum Gasteiger partial charge on any atom is 0.303 e. The number of aryl methyl sites for hydroxylation is 1. The van der Waals surface area contributed by atoms with Crippen LogP contribution in [-0.4, -0.2) is 36.9 Å². The molecule has 1 saturated heterocycles. The van der Waals surface area contributed by atoms with Crippen LogP contribution in [0.3, 0.4) is 0 Å². The Morgan fingerprint density at radius 3 is 2.68 bits per heavy atom. The largest absolute Gasteiger partial charge is 0.481 e. The van der Waals surface area contributed by atoms with Crippen molar-refractivity contribution in [3.05, 3.63) is 35.1 Å². The summed E-state index contributed by atoms with van der Waals surface area (Å²) in [7, 11) is -3.57. The monoisotopic (exact) mass is 329 g/mol. The lowest BCUT2D eigenvalue weighted by Crippen LogP contribution is -2.30. The molecule has 22 heavy (non-hydrogen) atoms. The molecule has 7 heteroatoms. The number of rotatable bonds is 5. The van der Waals surface area contributed by atoms with E-state index in [-0.39, 0.29) is 30.6 Å². The van der Waals surface area contributed by atoms with Gasteiger partial charge >= 0.3 is 5.97 Å². The summed E-state index contributed by atoms with van der Waals surface area (Å²) < 4.78 is 39.7. The second-order valence-electron chi connectivity index (χ2n) is 5.99. The molecule has 0 radical (unpaired) electrons. The van der Waals surface area contributed by atoms with E-state index in [0.717, 1.165) is 0 Å². The quantitative estimate of drug-likeness (QED) is 0.897. The Kier molecular flexibility index (Phi) is 4.87. The molecule has 0 unspecified atom stereocenters. The summed E-state index contributed by atoms with van der Waals surface area (Å²) >= 11 is 0. The Bertz CT molecular complexity index is 674. The molecule has 1 aliphatic rings. The third-order valence-corrected chi connectivity index (χ3v) is 5.93. The molecular weight excluding hydrogens is 309 g/mol. The Morgan fingerprint density at radius 1 is 1.41 bits per heavy atom. The number of hydrogen-bond donors (Lipinski definition) is 1. The lowest BCUT2D eigenvalue weighted by Gasteiger charge is -2.16. The molecule has 2 atom stereocenters. The van der Waals surface area contributed by atoms with Crippen LogP contribution in [0.15, 0.2) is 18.2 Å². The van der Waals surface area contributed by atoms with E-state index in [0.29, 0.717) is 17.7 Å². The SMILES string of the molecule is Cc1ccc(CS(=O)(=O)N2C[C@@H](CC(=O)O)[C@H](C)C2)cc1F. The Balaban J connectivity index is 2.10. The second-order valence-corrected chi connectivity index (χ2v) is 7.96. The summed E-state index contributed by atoms with van der Waals surface area (Å²) in [5.41, 5.74) is 0.870. The number of benzene rings is 1. The van der Waals surface area contributed by atoms with Crippen molar-refractivity contribution in [1.82, 2.24) is 4.31 Å². The molecule has 0 spiro atoms. The zero-order valence-corrected chi connectivity index (χ0v) is 13.4. The highest BCUT2D eigenvalue weighted by molar-refractivity contribution is 7.88. The fourth-order valence-corrected chi connectivity index (χ4v) is 4.40. The molecule has 1 N–H and O–H groups in total. The van der Waals surface area contributed by atoms with E-state index in [1.807, 2.05) is 6.92 Å². The van der Waals surface area contributed by atoms with Gasteiger partial charge in [-0.15, -0.1) is 0 Å². The molecule has 5 nitrogen and oxygen atoms in total. The van der Waals surface area contributed by atoms with E-state index in [1.54, 1.807) is 19.1 Å². The van der Waals surface area contributed by atoms with Gasteiger partial charge in [-0.1, -0.05) is 19.1 Å². The fraction of sp³-hybridized carbons (Fsp3) is 0.533. The van der Waals surface area contributed by atoms with Crippen LogP contribution in [-0.2, 0) is 20.6 Å². The molecule has 0 amide bonds. The van der Waals surface area contributed by atoms with Gasteiger partial charge in [-0.05, 0) is 36.0 Å². The van der Waals surface area contributed by atoms with Gasteiger partial charge < -0.3 is 5.11 Å². The van der Waals surface area contributed by atoms with Crippen molar-refractivity contribution in [2.45, 2.75) is 26.0 Å². The highest BCUT2D eigenvalue weighted by Crippen LogP contribution is 2.29. The molecule has 0 aliphatic carbocycles. The van der Waals surface area contributed by atoms with Gasteiger partial charge in [-0.3, -0.25) is 4.79 Å². The molecule has 1 aromatic carbocycles. The summed E-state index contributed by atoms with van der Waals surface area (Å²) in [5, 5.41) is 8.86. The van der Waals surface area contributed by atoms with Crippen LogP contribution >= 0.6 is 0 Å². The van der Waals surface area contributed by atoms with E-state index in [4.69, 9.17) is 5.11 Å². The van der Waals surface area contributed by atoms with Crippen molar-refractivity contribution < 1.29 is 22.7 Å². The number of sulfonamides is 1. The first-order valence-electron chi connectivity index (χ1n) is 7.13. The first kappa shape index (κ1) is 16.9. The highest BCUT2D eigenvalue weighted by atomic mass is 32.2. The first-order chi connectivity index (χ1) is 10.2. The number of halogens is 1. The number of carboxylic acid groups (broad SMARTS) is 1. The van der Waals surface area contributed by atoms with Crippen LogP contribution in [0.5, 0.6) is 0 Å². The van der Waals surface area contributed by atoms with Crippen molar-refractivity contribution in [3.8, 4) is 0 Å². The average Bonchev–Trinajstić information content (AvgIpc) is 2.75. The van der Waals surface area contributed by atoms with Gasteiger partial charge in [0.2, 0.25) is 10.0 Å². The van der Waals surface area contributed by atoms with Crippen molar-refractivity contribution in [3.63, 3.8) is 0 Å². The van der Waals surface area contributed by atoms with Crippen LogP contribution in [0.25, 0.3) is 0 Å². The van der Waals surface area contributed by atoms with E-state index in [2.05, 4.69) is 0 Å². The first-order valence-corrected chi connectivity index (χ1v) is 8.74. The van der Waals surface area contributed by atoms with Gasteiger partial charge in [0, 0.05) is 19.5 Å². The van der Waals surface area contributed by atoms with Crippen molar-refractivity contribution in [2.75, 3.05) is 13.1 Å². The Labute approximate surface area is 129 Å². The maximum absolute atomic E-state index is 13.5. The lowest BCUT2D eigenvalue weighted by atomic mass is 9.95. The van der Waals surface area contributed by atoms with Gasteiger partial charge in [0.1, 0.15) is 5.82 Å². The number of carboxylic acids is 1. The molecular formula is C15H20FNO4S. The minimum absolute atomic E-state index is 0.000582. The summed E-state index contributed by atoms with van der Waals surface area (Å²) in [6, 6.07) is 4.39. The lowest BCUT2D eigenvalue weighted by molar-refractivity contribution is -0.138. The fourth-order valence-electron chi connectivity index (χ4n) is 2.73. The summed E-state index contributed by atoms with van der Waals surface area (Å²) in [6.07, 6.45) is -0.0354. The van der Waals surface area contributed by atoms with Crippen molar-refractivity contribution >= 4 is 16.0 Å². The number of aliphatic carboxylic acids is 1. The number of carbonyl (C=O) groups is 1. The highest BCUT2D eigenvalue weighted by Gasteiger charge is 2.37. The van der Waals surface area contributed by atoms with Gasteiger partial charge in [0.05, 0.1) is 5.75 Å². The maximum atomic E-state index is 13.5. The van der Waals surface area contributed by atoms with Crippen LogP contribution in [0.2, 0.25) is 0 Å². The molecule has 0 aromatic heterocycles. The second kappa shape index (κ2) is 6.34. The van der Waals surface area contributed by atoms with E-state index in [9.17, 15) is 17.6 Å². The Hall–Kier alpha value is -1.47. The molecule has 1 aliphatic heterocycles. The number of nitrogens with zero attached hydrogens (tertiary/aromatic N) is 1. The van der Waals surface area contributed by atoms with Gasteiger partial charge in [-0.2, -0.15) is 0 Å². The average molecular weight is 329 g/mol. The predicted octanol–water partition coefficient (Wildman–Crippen LogP) is 2.01. The molecule has 0 saturated carbocycles. The standard InChI is InChI=1S/C15H20FNO4S/c1-10-3-4-12(5-14(10)16)9-22(20,21)17-7-11(2)13(8-17)6-15(18)19/h3-5,11,13H,6-9H2,1-2H3,(H,18,19)/t11-,13-/m1/s1. The molecule has 1 aromatic rings. The summed E-state index contributed by atoms with van der Waals surface area (Å²) in [5.74, 6) is -1.79.